The van der Waals surface area contributed by atoms with Gasteiger partial charge in [-0.3, -0.25) is 0 Å². The molecule has 0 saturated heterocycles. The van der Waals surface area contributed by atoms with E-state index in [2.05, 4.69) is 164 Å². The van der Waals surface area contributed by atoms with E-state index in [1.807, 2.05) is 0 Å². The third-order valence-electron chi connectivity index (χ3n) is 12.7. The van der Waals surface area contributed by atoms with Gasteiger partial charge < -0.3 is 9.38 Å². The lowest BCUT2D eigenvalue weighted by Crippen LogP contribution is -2.58. The number of para-hydroxylation sites is 3. The van der Waals surface area contributed by atoms with Crippen molar-refractivity contribution in [2.45, 2.75) is 38.5 Å². The van der Waals surface area contributed by atoms with Gasteiger partial charge in [-0.05, 0) is 84.9 Å². The lowest BCUT2D eigenvalue weighted by atomic mass is 9.43. The minimum atomic E-state index is -0.137. The van der Waals surface area contributed by atoms with Crippen molar-refractivity contribution in [2.75, 3.05) is 4.90 Å². The molecule has 49 heavy (non-hydrogen) atoms. The Morgan fingerprint density at radius 1 is 0.510 bits per heavy atom. The van der Waals surface area contributed by atoms with Crippen LogP contribution in [-0.2, 0) is 10.8 Å². The smallest absolute Gasteiger partial charge is 0.333 e. The van der Waals surface area contributed by atoms with E-state index < -0.39 is 0 Å². The third kappa shape index (κ3) is 2.88. The molecule has 0 amide bonds. The van der Waals surface area contributed by atoms with E-state index in [1.54, 1.807) is 0 Å². The second-order valence-electron chi connectivity index (χ2n) is 15.7. The number of hydrogen-bond donors (Lipinski definition) is 0. The summed E-state index contributed by atoms with van der Waals surface area (Å²) in [7, 11) is 0. The molecule has 1 aliphatic carbocycles. The molecule has 8 aromatic rings. The number of rotatable bonds is 0. The fourth-order valence-electron chi connectivity index (χ4n) is 10.5. The van der Waals surface area contributed by atoms with Gasteiger partial charge in [0.2, 0.25) is 0 Å². The Morgan fingerprint density at radius 3 is 2.04 bits per heavy atom. The number of benzene rings is 7. The molecule has 0 bridgehead atoms. The number of anilines is 3. The lowest BCUT2D eigenvalue weighted by Gasteiger charge is -2.48. The van der Waals surface area contributed by atoms with Crippen LogP contribution in [0.1, 0.15) is 49.9 Å². The van der Waals surface area contributed by atoms with Crippen molar-refractivity contribution in [1.29, 1.82) is 0 Å². The quantitative estimate of drug-likeness (QED) is 0.153. The average molecular weight is 625 g/mol. The first kappa shape index (κ1) is 26.4. The largest absolute Gasteiger partial charge is 0.375 e. The fourth-order valence-corrected chi connectivity index (χ4v) is 10.5. The van der Waals surface area contributed by atoms with Crippen molar-refractivity contribution >= 4 is 67.4 Å². The van der Waals surface area contributed by atoms with E-state index in [0.29, 0.717) is 0 Å². The normalized spacial score (nSPS) is 16.4. The van der Waals surface area contributed by atoms with Crippen molar-refractivity contribution < 1.29 is 0 Å². The van der Waals surface area contributed by atoms with E-state index in [-0.39, 0.29) is 17.7 Å². The highest BCUT2D eigenvalue weighted by molar-refractivity contribution is 6.90. The molecule has 4 aliphatic rings. The monoisotopic (exact) mass is 624 g/mol. The minimum absolute atomic E-state index is 0.0366. The van der Waals surface area contributed by atoms with Gasteiger partial charge in [0.25, 0.3) is 0 Å². The molecule has 4 heterocycles. The van der Waals surface area contributed by atoms with Gasteiger partial charge in [-0.15, -0.1) is 0 Å². The summed E-state index contributed by atoms with van der Waals surface area (Å²) >= 11 is 0. The Hall–Kier alpha value is -5.54. The van der Waals surface area contributed by atoms with E-state index in [4.69, 9.17) is 0 Å². The van der Waals surface area contributed by atoms with Crippen LogP contribution >= 0.6 is 0 Å². The maximum Gasteiger partial charge on any atom is 0.333 e. The molecule has 0 radical (unpaired) electrons. The van der Waals surface area contributed by atoms with Crippen LogP contribution in [0.3, 0.4) is 0 Å². The van der Waals surface area contributed by atoms with Gasteiger partial charge >= 0.3 is 6.85 Å². The summed E-state index contributed by atoms with van der Waals surface area (Å²) in [6.45, 7) is 9.71. The first-order valence-corrected chi connectivity index (χ1v) is 17.7. The van der Waals surface area contributed by atoms with Gasteiger partial charge in [-0.25, -0.2) is 0 Å². The molecular formula is C46H33BN2. The van der Waals surface area contributed by atoms with Crippen LogP contribution in [0.2, 0.25) is 0 Å². The third-order valence-corrected chi connectivity index (χ3v) is 12.7. The topological polar surface area (TPSA) is 8.17 Å². The summed E-state index contributed by atoms with van der Waals surface area (Å²) < 4.78 is 2.72. The molecule has 3 heteroatoms. The molecule has 12 rings (SSSR count). The summed E-state index contributed by atoms with van der Waals surface area (Å²) in [5, 5.41) is 5.25. The van der Waals surface area contributed by atoms with Gasteiger partial charge in [0.05, 0.1) is 5.69 Å². The average Bonchev–Trinajstić information content (AvgIpc) is 3.56. The molecule has 230 valence electrons. The standard InChI is InChI=1S/C46H33BN2/c1-45(2)32-18-8-7-15-29(32)40-35(45)25-39-42-41(40)30-17-11-16-28-31-23-26-13-5-6-14-27(26)24-38(31)49(43(28)30)47(42)36-21-12-20-34-44(36)48(39)37-22-10-9-19-33(37)46(34,3)4/h5-25H,1-4H3. The van der Waals surface area contributed by atoms with E-state index in [1.165, 1.54) is 105 Å². The highest BCUT2D eigenvalue weighted by atomic mass is 15.2. The minimum Gasteiger partial charge on any atom is -0.375 e. The van der Waals surface area contributed by atoms with Crippen LogP contribution in [0.15, 0.2) is 127 Å². The van der Waals surface area contributed by atoms with E-state index >= 15 is 0 Å². The zero-order valence-electron chi connectivity index (χ0n) is 28.1. The summed E-state index contributed by atoms with van der Waals surface area (Å²) in [5.74, 6) is 0. The second kappa shape index (κ2) is 8.36. The van der Waals surface area contributed by atoms with Gasteiger partial charge in [0.15, 0.2) is 0 Å². The molecular weight excluding hydrogens is 591 g/mol. The van der Waals surface area contributed by atoms with Crippen LogP contribution < -0.4 is 15.8 Å². The van der Waals surface area contributed by atoms with Crippen molar-refractivity contribution in [1.82, 2.24) is 4.48 Å². The molecule has 0 atom stereocenters. The molecule has 0 fully saturated rings. The Balaban J connectivity index is 1.34. The molecule has 3 aliphatic heterocycles. The fraction of sp³-hybridized carbons (Fsp3) is 0.130. The Labute approximate surface area is 286 Å². The van der Waals surface area contributed by atoms with Gasteiger partial charge in [0.1, 0.15) is 0 Å². The number of nitrogens with zero attached hydrogens (tertiary/aromatic N) is 2. The Bertz CT molecular complexity index is 2850. The summed E-state index contributed by atoms with van der Waals surface area (Å²) in [6.07, 6.45) is 0. The molecule has 0 saturated carbocycles. The first-order valence-electron chi connectivity index (χ1n) is 17.7. The van der Waals surface area contributed by atoms with Crippen LogP contribution in [0.5, 0.6) is 0 Å². The predicted octanol–water partition coefficient (Wildman–Crippen LogP) is 10.3. The zero-order valence-corrected chi connectivity index (χ0v) is 28.1. The highest BCUT2D eigenvalue weighted by Gasteiger charge is 2.50. The van der Waals surface area contributed by atoms with Gasteiger partial charge in [0, 0.05) is 49.6 Å². The summed E-state index contributed by atoms with van der Waals surface area (Å²) in [5.41, 5.74) is 20.4. The van der Waals surface area contributed by atoms with E-state index in [9.17, 15) is 0 Å². The van der Waals surface area contributed by atoms with Crippen molar-refractivity contribution in [3.8, 4) is 22.3 Å². The molecule has 7 aromatic carbocycles. The summed E-state index contributed by atoms with van der Waals surface area (Å²) in [6, 6.07) is 48.8. The van der Waals surface area contributed by atoms with Crippen LogP contribution in [0.4, 0.5) is 17.1 Å². The number of hydrogen-bond acceptors (Lipinski definition) is 1. The maximum atomic E-state index is 2.72. The Morgan fingerprint density at radius 2 is 1.18 bits per heavy atom. The highest BCUT2D eigenvalue weighted by Crippen LogP contribution is 2.59. The van der Waals surface area contributed by atoms with E-state index in [0.717, 1.165) is 0 Å². The molecule has 0 unspecified atom stereocenters. The lowest BCUT2D eigenvalue weighted by molar-refractivity contribution is 0.632. The van der Waals surface area contributed by atoms with Gasteiger partial charge in [-0.2, -0.15) is 0 Å². The molecule has 0 N–H and O–H groups in total. The van der Waals surface area contributed by atoms with Crippen molar-refractivity contribution in [3.63, 3.8) is 0 Å². The predicted molar refractivity (Wildman–Crippen MR) is 207 cm³/mol. The first-order chi connectivity index (χ1) is 23.9. The molecule has 1 aromatic heterocycles. The number of fused-ring (bicyclic) bond motifs is 14. The van der Waals surface area contributed by atoms with Gasteiger partial charge in [-0.1, -0.05) is 131 Å². The Kier molecular flexibility index (Phi) is 4.51. The van der Waals surface area contributed by atoms with Crippen LogP contribution in [0, 0.1) is 0 Å². The SMILES string of the molecule is CC1(C)c2ccccc2-c2c1cc1c3c2-c2cccc4c5cc6ccccc6cc5n(c24)B3c2cccc3c2N1c1ccccc1C3(C)C. The number of aromatic nitrogens is 1. The van der Waals surface area contributed by atoms with Crippen LogP contribution in [-0.4, -0.2) is 11.3 Å². The molecule has 2 nitrogen and oxygen atoms in total. The van der Waals surface area contributed by atoms with Crippen LogP contribution in [0.25, 0.3) is 54.8 Å². The van der Waals surface area contributed by atoms with Crippen molar-refractivity contribution in [3.05, 3.63) is 150 Å². The zero-order chi connectivity index (χ0) is 32.6. The van der Waals surface area contributed by atoms with Crippen molar-refractivity contribution in [2.24, 2.45) is 0 Å². The maximum absolute atomic E-state index is 2.72. The summed E-state index contributed by atoms with van der Waals surface area (Å²) in [4.78, 5) is 2.64. The molecule has 0 spiro atoms. The second-order valence-corrected chi connectivity index (χ2v) is 15.7.